The smallest absolute Gasteiger partial charge is 0.321 e. The topological polar surface area (TPSA) is 55.8 Å². The second-order valence-electron chi connectivity index (χ2n) is 7.26. The summed E-state index contributed by atoms with van der Waals surface area (Å²) < 4.78 is 0. The van der Waals surface area contributed by atoms with Crippen molar-refractivity contribution in [2.24, 2.45) is 5.92 Å². The van der Waals surface area contributed by atoms with Gasteiger partial charge in [-0.15, -0.1) is 0 Å². The third-order valence-electron chi connectivity index (χ3n) is 5.40. The van der Waals surface area contributed by atoms with Crippen molar-refractivity contribution in [2.75, 3.05) is 36.9 Å². The van der Waals surface area contributed by atoms with E-state index in [1.807, 2.05) is 13.0 Å². The van der Waals surface area contributed by atoms with E-state index in [1.54, 1.807) is 11.9 Å². The van der Waals surface area contributed by atoms with Crippen LogP contribution >= 0.6 is 0 Å². The van der Waals surface area contributed by atoms with Gasteiger partial charge in [0.1, 0.15) is 0 Å². The fourth-order valence-corrected chi connectivity index (χ4v) is 3.84. The van der Waals surface area contributed by atoms with Crippen molar-refractivity contribution in [1.82, 2.24) is 4.90 Å². The summed E-state index contributed by atoms with van der Waals surface area (Å²) in [6.07, 6.45) is 5.17. The first-order valence-electron chi connectivity index (χ1n) is 9.10. The number of amides is 2. The monoisotopic (exact) mass is 331 g/mol. The molecule has 2 aliphatic rings. The van der Waals surface area contributed by atoms with Crippen LogP contribution in [0.3, 0.4) is 0 Å². The zero-order valence-corrected chi connectivity index (χ0v) is 14.8. The van der Waals surface area contributed by atoms with E-state index in [-0.39, 0.29) is 18.1 Å². The lowest BCUT2D eigenvalue weighted by molar-refractivity contribution is 0.116. The minimum absolute atomic E-state index is 0.105. The van der Waals surface area contributed by atoms with E-state index in [2.05, 4.69) is 22.3 Å². The maximum absolute atomic E-state index is 12.4. The number of nitrogens with zero attached hydrogens (tertiary/aromatic N) is 2. The minimum atomic E-state index is -0.262. The van der Waals surface area contributed by atoms with Gasteiger partial charge in [-0.25, -0.2) is 4.79 Å². The van der Waals surface area contributed by atoms with Crippen molar-refractivity contribution in [3.05, 3.63) is 23.8 Å². The number of nitrogens with one attached hydrogen (secondary N) is 1. The Balaban J connectivity index is 1.59. The van der Waals surface area contributed by atoms with Crippen molar-refractivity contribution >= 4 is 17.4 Å². The highest BCUT2D eigenvalue weighted by molar-refractivity contribution is 5.90. The minimum Gasteiger partial charge on any atom is -0.393 e. The highest BCUT2D eigenvalue weighted by Gasteiger charge is 2.27. The van der Waals surface area contributed by atoms with E-state index in [1.165, 1.54) is 18.5 Å². The van der Waals surface area contributed by atoms with Crippen LogP contribution in [0.2, 0.25) is 0 Å². The van der Waals surface area contributed by atoms with Crippen LogP contribution in [0.25, 0.3) is 0 Å². The molecule has 1 saturated heterocycles. The summed E-state index contributed by atoms with van der Waals surface area (Å²) >= 11 is 0. The lowest BCUT2D eigenvalue weighted by Gasteiger charge is -2.24. The second-order valence-corrected chi connectivity index (χ2v) is 7.26. The summed E-state index contributed by atoms with van der Waals surface area (Å²) in [6.45, 7) is 4.89. The molecule has 1 heterocycles. The second kappa shape index (κ2) is 7.43. The highest BCUT2D eigenvalue weighted by Crippen LogP contribution is 2.27. The predicted molar refractivity (Wildman–Crippen MR) is 97.6 cm³/mol. The van der Waals surface area contributed by atoms with E-state index in [0.717, 1.165) is 43.6 Å². The van der Waals surface area contributed by atoms with Gasteiger partial charge in [0.05, 0.1) is 6.10 Å². The Morgan fingerprint density at radius 1 is 1.29 bits per heavy atom. The molecule has 2 amide bonds. The Morgan fingerprint density at radius 2 is 2.04 bits per heavy atom. The number of rotatable bonds is 4. The van der Waals surface area contributed by atoms with Crippen molar-refractivity contribution in [1.29, 1.82) is 0 Å². The summed E-state index contributed by atoms with van der Waals surface area (Å²) in [5.74, 6) is 0.208. The lowest BCUT2D eigenvalue weighted by atomic mass is 10.1. The average Bonchev–Trinajstić information content (AvgIpc) is 3.22. The Morgan fingerprint density at radius 3 is 2.67 bits per heavy atom. The van der Waals surface area contributed by atoms with Crippen LogP contribution in [0.15, 0.2) is 18.2 Å². The summed E-state index contributed by atoms with van der Waals surface area (Å²) in [6, 6.07) is 6.14. The molecule has 1 saturated carbocycles. The number of urea groups is 1. The molecule has 2 N–H and O–H groups in total. The zero-order valence-electron chi connectivity index (χ0n) is 14.8. The number of anilines is 2. The van der Waals surface area contributed by atoms with Crippen LogP contribution in [-0.4, -0.2) is 48.8 Å². The van der Waals surface area contributed by atoms with Crippen molar-refractivity contribution < 1.29 is 9.90 Å². The molecule has 2 fully saturated rings. The van der Waals surface area contributed by atoms with Gasteiger partial charge in [0.2, 0.25) is 0 Å². The van der Waals surface area contributed by atoms with Gasteiger partial charge < -0.3 is 20.2 Å². The Kier molecular flexibility index (Phi) is 5.29. The number of hydrogen-bond donors (Lipinski definition) is 2. The summed E-state index contributed by atoms with van der Waals surface area (Å²) in [4.78, 5) is 16.5. The molecule has 5 heteroatoms. The van der Waals surface area contributed by atoms with Crippen molar-refractivity contribution in [3.8, 4) is 0 Å². The number of hydrogen-bond acceptors (Lipinski definition) is 3. The first kappa shape index (κ1) is 17.1. The molecule has 1 aromatic carbocycles. The Labute approximate surface area is 144 Å². The Hall–Kier alpha value is -1.75. The average molecular weight is 331 g/mol. The van der Waals surface area contributed by atoms with Crippen molar-refractivity contribution in [2.45, 2.75) is 45.1 Å². The van der Waals surface area contributed by atoms with Gasteiger partial charge in [0.25, 0.3) is 0 Å². The van der Waals surface area contributed by atoms with Gasteiger partial charge in [-0.1, -0.05) is 6.42 Å². The first-order chi connectivity index (χ1) is 11.5. The molecule has 1 aromatic rings. The maximum Gasteiger partial charge on any atom is 0.321 e. The van der Waals surface area contributed by atoms with Gasteiger partial charge in [0.15, 0.2) is 0 Å². The SMILES string of the molecule is Cc1cc(N2CCCC2)ccc1NC(=O)N(C)CC1CCCC1O. The van der Waals surface area contributed by atoms with E-state index < -0.39 is 0 Å². The molecule has 2 unspecified atom stereocenters. The van der Waals surface area contributed by atoms with Crippen LogP contribution in [0.1, 0.15) is 37.7 Å². The van der Waals surface area contributed by atoms with Gasteiger partial charge in [-0.05, 0) is 56.4 Å². The molecule has 2 atom stereocenters. The van der Waals surface area contributed by atoms with E-state index in [0.29, 0.717) is 6.54 Å². The number of aryl methyl sites for hydroxylation is 1. The molecular weight excluding hydrogens is 302 g/mol. The largest absolute Gasteiger partial charge is 0.393 e. The molecule has 1 aliphatic carbocycles. The van der Waals surface area contributed by atoms with Gasteiger partial charge in [0, 0.05) is 44.0 Å². The summed E-state index contributed by atoms with van der Waals surface area (Å²) in [5.41, 5.74) is 3.19. The van der Waals surface area contributed by atoms with Gasteiger partial charge in [-0.2, -0.15) is 0 Å². The molecule has 24 heavy (non-hydrogen) atoms. The fourth-order valence-electron chi connectivity index (χ4n) is 3.84. The lowest BCUT2D eigenvalue weighted by Crippen LogP contribution is -2.37. The highest BCUT2D eigenvalue weighted by atomic mass is 16.3. The van der Waals surface area contributed by atoms with Crippen LogP contribution in [0, 0.1) is 12.8 Å². The summed E-state index contributed by atoms with van der Waals surface area (Å²) in [7, 11) is 1.80. The number of benzene rings is 1. The quantitative estimate of drug-likeness (QED) is 0.891. The molecule has 0 aromatic heterocycles. The molecule has 0 spiro atoms. The number of aliphatic hydroxyl groups is 1. The van der Waals surface area contributed by atoms with Gasteiger partial charge >= 0.3 is 6.03 Å². The van der Waals surface area contributed by atoms with E-state index in [4.69, 9.17) is 0 Å². The van der Waals surface area contributed by atoms with Crippen molar-refractivity contribution in [3.63, 3.8) is 0 Å². The zero-order chi connectivity index (χ0) is 17.1. The normalized spacial score (nSPS) is 23.5. The van der Waals surface area contributed by atoms with E-state index >= 15 is 0 Å². The van der Waals surface area contributed by atoms with Crippen LogP contribution in [-0.2, 0) is 0 Å². The number of carbonyl (C=O) groups excluding carboxylic acids is 1. The van der Waals surface area contributed by atoms with Crippen LogP contribution in [0.4, 0.5) is 16.2 Å². The number of carbonyl (C=O) groups is 1. The first-order valence-corrected chi connectivity index (χ1v) is 9.10. The molecule has 0 bridgehead atoms. The maximum atomic E-state index is 12.4. The Bertz CT molecular complexity index is 584. The van der Waals surface area contributed by atoms with Crippen LogP contribution < -0.4 is 10.2 Å². The third kappa shape index (κ3) is 3.83. The fraction of sp³-hybridized carbons (Fsp3) is 0.632. The molecule has 132 valence electrons. The molecule has 0 radical (unpaired) electrons. The number of aliphatic hydroxyl groups excluding tert-OH is 1. The standard InChI is InChI=1S/C19H29N3O2/c1-14-12-16(22-10-3-4-11-22)8-9-17(14)20-19(24)21(2)13-15-6-5-7-18(15)23/h8-9,12,15,18,23H,3-7,10-11,13H2,1-2H3,(H,20,24). The molecule has 1 aliphatic heterocycles. The molecular formula is C19H29N3O2. The van der Waals surface area contributed by atoms with E-state index in [9.17, 15) is 9.90 Å². The molecule has 5 nitrogen and oxygen atoms in total. The predicted octanol–water partition coefficient (Wildman–Crippen LogP) is 3.22. The third-order valence-corrected chi connectivity index (χ3v) is 5.40. The van der Waals surface area contributed by atoms with Crippen LogP contribution in [0.5, 0.6) is 0 Å². The summed E-state index contributed by atoms with van der Waals surface area (Å²) in [5, 5.41) is 12.9. The molecule has 3 rings (SSSR count). The van der Waals surface area contributed by atoms with Gasteiger partial charge in [-0.3, -0.25) is 0 Å².